The number of aliphatic hydroxyl groups excluding tert-OH is 1. The number of ether oxygens (including phenoxy) is 1. The maximum atomic E-state index is 13.4. The van der Waals surface area contributed by atoms with Gasteiger partial charge in [-0.05, 0) is 85.4 Å². The van der Waals surface area contributed by atoms with Crippen molar-refractivity contribution in [2.75, 3.05) is 6.61 Å². The Morgan fingerprint density at radius 3 is 2.49 bits per heavy atom. The third-order valence-electron chi connectivity index (χ3n) is 11.5. The highest BCUT2D eigenvalue weighted by atomic mass is 16.5. The van der Waals surface area contributed by atoms with E-state index in [1.807, 2.05) is 0 Å². The number of hydrogen-bond acceptors (Lipinski definition) is 5. The Kier molecular flexibility index (Phi) is 7.36. The molecule has 0 saturated heterocycles. The standard InChI is InChI=1S/C30H48O5/c1-18(20(3)17-35-21(4)31)7-8-19(2)24-9-10-25-23-15-27(33)30(34)16-22(32)11-14-29(30,6)26(23)12-13-28(24,25)5/h7-8,18-20,22-26,32,34H,9-17H2,1-6H3/t18-,19-,20-,22+,23+,24-,25+,26+,28-,29-,30+/m1/s1. The molecule has 0 unspecified atom stereocenters. The first-order chi connectivity index (χ1) is 16.3. The number of fused-ring (bicyclic) bond motifs is 5. The van der Waals surface area contributed by atoms with Crippen molar-refractivity contribution in [2.24, 2.45) is 52.3 Å². The average molecular weight is 489 g/mol. The lowest BCUT2D eigenvalue weighted by Crippen LogP contribution is -2.67. The molecule has 2 N–H and O–H groups in total. The van der Waals surface area contributed by atoms with Gasteiger partial charge in [-0.25, -0.2) is 0 Å². The average Bonchev–Trinajstić information content (AvgIpc) is 3.15. The van der Waals surface area contributed by atoms with Gasteiger partial charge in [0.25, 0.3) is 0 Å². The summed E-state index contributed by atoms with van der Waals surface area (Å²) in [7, 11) is 0. The topological polar surface area (TPSA) is 83.8 Å². The van der Waals surface area contributed by atoms with Crippen LogP contribution in [0.25, 0.3) is 0 Å². The van der Waals surface area contributed by atoms with E-state index in [4.69, 9.17) is 4.74 Å². The molecule has 0 amide bonds. The van der Waals surface area contributed by atoms with Crippen LogP contribution in [0.3, 0.4) is 0 Å². The number of carbonyl (C=O) groups excluding carboxylic acids is 2. The van der Waals surface area contributed by atoms with Crippen LogP contribution in [0.5, 0.6) is 0 Å². The van der Waals surface area contributed by atoms with Gasteiger partial charge in [0.2, 0.25) is 0 Å². The molecule has 198 valence electrons. The third-order valence-corrected chi connectivity index (χ3v) is 11.5. The highest BCUT2D eigenvalue weighted by molar-refractivity contribution is 5.89. The zero-order chi connectivity index (χ0) is 25.8. The van der Waals surface area contributed by atoms with Gasteiger partial charge in [-0.3, -0.25) is 9.59 Å². The molecule has 0 spiro atoms. The molecule has 0 radical (unpaired) electrons. The molecule has 0 aliphatic heterocycles. The van der Waals surface area contributed by atoms with Gasteiger partial charge < -0.3 is 14.9 Å². The normalized spacial score (nSPS) is 45.8. The van der Waals surface area contributed by atoms with Gasteiger partial charge >= 0.3 is 5.97 Å². The molecule has 0 aromatic carbocycles. The largest absolute Gasteiger partial charge is 0.466 e. The maximum absolute atomic E-state index is 13.4. The number of hydrogen-bond donors (Lipinski definition) is 2. The minimum Gasteiger partial charge on any atom is -0.466 e. The summed E-state index contributed by atoms with van der Waals surface area (Å²) in [6, 6.07) is 0. The summed E-state index contributed by atoms with van der Waals surface area (Å²) in [4.78, 5) is 24.5. The lowest BCUT2D eigenvalue weighted by Gasteiger charge is -2.63. The number of aliphatic hydroxyl groups is 2. The van der Waals surface area contributed by atoms with Crippen molar-refractivity contribution in [3.63, 3.8) is 0 Å². The minimum absolute atomic E-state index is 0.0174. The SMILES string of the molecule is CC(=O)OC[C@@H](C)[C@H](C)C=C[C@@H](C)[C@H]1CC[C@H]2[C@@H]3CC(=O)[C@@]4(O)C[C@@H](O)CC[C@]4(C)[C@H]3CC[C@]12C. The van der Waals surface area contributed by atoms with Crippen LogP contribution in [0.1, 0.15) is 92.9 Å². The smallest absolute Gasteiger partial charge is 0.302 e. The number of esters is 1. The maximum Gasteiger partial charge on any atom is 0.302 e. The molecule has 5 heteroatoms. The molecule has 4 fully saturated rings. The van der Waals surface area contributed by atoms with Gasteiger partial charge in [0.05, 0.1) is 12.7 Å². The van der Waals surface area contributed by atoms with E-state index in [2.05, 4.69) is 46.8 Å². The van der Waals surface area contributed by atoms with E-state index >= 15 is 0 Å². The molecular formula is C30H48O5. The molecule has 0 aromatic rings. The van der Waals surface area contributed by atoms with Crippen molar-refractivity contribution >= 4 is 11.8 Å². The van der Waals surface area contributed by atoms with Gasteiger partial charge in [0, 0.05) is 25.2 Å². The van der Waals surface area contributed by atoms with Crippen molar-refractivity contribution in [1.82, 2.24) is 0 Å². The van der Waals surface area contributed by atoms with Crippen molar-refractivity contribution in [3.8, 4) is 0 Å². The first-order valence-electron chi connectivity index (χ1n) is 14.1. The van der Waals surface area contributed by atoms with E-state index in [9.17, 15) is 19.8 Å². The molecule has 35 heavy (non-hydrogen) atoms. The predicted molar refractivity (Wildman–Crippen MR) is 136 cm³/mol. The highest BCUT2D eigenvalue weighted by Crippen LogP contribution is 2.68. The Bertz CT molecular complexity index is 852. The Morgan fingerprint density at radius 2 is 1.80 bits per heavy atom. The van der Waals surface area contributed by atoms with Gasteiger partial charge in [0.15, 0.2) is 5.78 Å². The fourth-order valence-corrected chi connectivity index (χ4v) is 9.00. The minimum atomic E-state index is -1.35. The summed E-state index contributed by atoms with van der Waals surface area (Å²) < 4.78 is 5.20. The number of allylic oxidation sites excluding steroid dienone is 2. The van der Waals surface area contributed by atoms with Crippen LogP contribution >= 0.6 is 0 Å². The van der Waals surface area contributed by atoms with Crippen LogP contribution in [-0.4, -0.2) is 40.3 Å². The molecule has 4 aliphatic rings. The molecule has 0 heterocycles. The fraction of sp³-hybridized carbons (Fsp3) is 0.867. The number of rotatable bonds is 6. The van der Waals surface area contributed by atoms with Crippen LogP contribution < -0.4 is 0 Å². The predicted octanol–water partition coefficient (Wildman–Crippen LogP) is 5.33. The summed E-state index contributed by atoms with van der Waals surface area (Å²) >= 11 is 0. The summed E-state index contributed by atoms with van der Waals surface area (Å²) in [6.07, 6.45) is 10.8. The fourth-order valence-electron chi connectivity index (χ4n) is 9.00. The Morgan fingerprint density at radius 1 is 1.09 bits per heavy atom. The molecule has 4 aliphatic carbocycles. The second-order valence-electron chi connectivity index (χ2n) is 13.3. The van der Waals surface area contributed by atoms with Crippen LogP contribution in [0.4, 0.5) is 0 Å². The first kappa shape index (κ1) is 26.9. The van der Waals surface area contributed by atoms with Crippen molar-refractivity contribution in [1.29, 1.82) is 0 Å². The number of carbonyl (C=O) groups is 2. The Hall–Kier alpha value is -1.20. The molecule has 11 atom stereocenters. The lowest BCUT2D eigenvalue weighted by atomic mass is 9.42. The second kappa shape index (κ2) is 9.59. The second-order valence-corrected chi connectivity index (χ2v) is 13.3. The van der Waals surface area contributed by atoms with E-state index in [-0.39, 0.29) is 29.5 Å². The van der Waals surface area contributed by atoms with Crippen LogP contribution in [0.2, 0.25) is 0 Å². The van der Waals surface area contributed by atoms with Crippen molar-refractivity contribution < 1.29 is 24.5 Å². The Balaban J connectivity index is 1.48. The summed E-state index contributed by atoms with van der Waals surface area (Å²) in [6.45, 7) is 13.2. The monoisotopic (exact) mass is 488 g/mol. The van der Waals surface area contributed by atoms with E-state index in [0.717, 1.165) is 19.3 Å². The van der Waals surface area contributed by atoms with E-state index in [1.165, 1.54) is 19.8 Å². The Labute approximate surface area is 212 Å². The zero-order valence-corrected chi connectivity index (χ0v) is 22.8. The van der Waals surface area contributed by atoms with E-state index < -0.39 is 17.1 Å². The van der Waals surface area contributed by atoms with Crippen LogP contribution in [0.15, 0.2) is 12.2 Å². The highest BCUT2D eigenvalue weighted by Gasteiger charge is 2.67. The van der Waals surface area contributed by atoms with Crippen molar-refractivity contribution in [3.05, 3.63) is 12.2 Å². The summed E-state index contributed by atoms with van der Waals surface area (Å²) in [5.74, 6) is 2.68. The van der Waals surface area contributed by atoms with E-state index in [1.54, 1.807) is 0 Å². The van der Waals surface area contributed by atoms with Gasteiger partial charge in [0.1, 0.15) is 5.60 Å². The first-order valence-corrected chi connectivity index (χ1v) is 14.1. The third kappa shape index (κ3) is 4.43. The van der Waals surface area contributed by atoms with Gasteiger partial charge in [-0.2, -0.15) is 0 Å². The van der Waals surface area contributed by atoms with Crippen LogP contribution in [0, 0.1) is 52.3 Å². The lowest BCUT2D eigenvalue weighted by molar-refractivity contribution is -0.213. The molecule has 5 nitrogen and oxygen atoms in total. The molecule has 4 rings (SSSR count). The van der Waals surface area contributed by atoms with Gasteiger partial charge in [-0.15, -0.1) is 0 Å². The summed E-state index contributed by atoms with van der Waals surface area (Å²) in [5.41, 5.74) is -1.55. The molecule has 0 bridgehead atoms. The molecule has 0 aromatic heterocycles. The quantitative estimate of drug-likeness (QED) is 0.390. The molecule has 4 saturated carbocycles. The van der Waals surface area contributed by atoms with Crippen LogP contribution in [-0.2, 0) is 14.3 Å². The zero-order valence-electron chi connectivity index (χ0n) is 22.8. The molecular weight excluding hydrogens is 440 g/mol. The summed E-state index contributed by atoms with van der Waals surface area (Å²) in [5, 5.41) is 21.8. The number of Topliss-reactive ketones (excluding diaryl/α,β-unsaturated/α-hetero) is 1. The van der Waals surface area contributed by atoms with Crippen molar-refractivity contribution in [2.45, 2.75) is 105 Å². The van der Waals surface area contributed by atoms with E-state index in [0.29, 0.717) is 55.0 Å². The van der Waals surface area contributed by atoms with Gasteiger partial charge in [-0.1, -0.05) is 46.8 Å². The number of ketones is 1.